The number of rotatable bonds is 3. The van der Waals surface area contributed by atoms with E-state index in [9.17, 15) is 4.79 Å². The lowest BCUT2D eigenvalue weighted by Crippen LogP contribution is -2.37. The van der Waals surface area contributed by atoms with Gasteiger partial charge in [-0.05, 0) is 23.0 Å². The number of amides is 1. The molecular formula is C18H26N2O. The Kier molecular flexibility index (Phi) is 4.84. The number of nitrogens with two attached hydrogens (primary N) is 1. The highest BCUT2D eigenvalue weighted by atomic mass is 16.2. The zero-order valence-corrected chi connectivity index (χ0v) is 13.4. The number of carbonyl (C=O) groups excluding carboxylic acids is 1. The molecule has 3 nitrogen and oxygen atoms in total. The highest BCUT2D eigenvalue weighted by Gasteiger charge is 2.23. The third-order valence-electron chi connectivity index (χ3n) is 4.21. The van der Waals surface area contributed by atoms with Gasteiger partial charge in [-0.3, -0.25) is 4.79 Å². The maximum Gasteiger partial charge on any atom is 0.227 e. The minimum absolute atomic E-state index is 0.195. The Morgan fingerprint density at radius 1 is 1.24 bits per heavy atom. The molecule has 1 amide bonds. The van der Waals surface area contributed by atoms with E-state index in [2.05, 4.69) is 26.8 Å². The van der Waals surface area contributed by atoms with Gasteiger partial charge in [0.25, 0.3) is 0 Å². The van der Waals surface area contributed by atoms with Gasteiger partial charge in [-0.1, -0.05) is 56.7 Å². The predicted octanol–water partition coefficient (Wildman–Crippen LogP) is 2.89. The Morgan fingerprint density at radius 3 is 2.43 bits per heavy atom. The van der Waals surface area contributed by atoms with Gasteiger partial charge in [0.15, 0.2) is 0 Å². The van der Waals surface area contributed by atoms with E-state index in [1.54, 1.807) is 0 Å². The Labute approximate surface area is 127 Å². The normalized spacial score (nSPS) is 15.8. The van der Waals surface area contributed by atoms with Gasteiger partial charge in [0, 0.05) is 19.6 Å². The highest BCUT2D eigenvalue weighted by molar-refractivity contribution is 5.79. The summed E-state index contributed by atoms with van der Waals surface area (Å²) in [6, 6.07) is 7.93. The first kappa shape index (κ1) is 15.8. The highest BCUT2D eigenvalue weighted by Crippen LogP contribution is 2.30. The molecule has 21 heavy (non-hydrogen) atoms. The first-order valence-electron chi connectivity index (χ1n) is 7.66. The summed E-state index contributed by atoms with van der Waals surface area (Å²) in [5, 5.41) is 0. The van der Waals surface area contributed by atoms with Crippen LogP contribution in [0.4, 0.5) is 0 Å². The molecule has 2 N–H and O–H groups in total. The van der Waals surface area contributed by atoms with Crippen molar-refractivity contribution < 1.29 is 4.79 Å². The van der Waals surface area contributed by atoms with Crippen LogP contribution >= 0.6 is 0 Å². The Morgan fingerprint density at radius 2 is 1.90 bits per heavy atom. The van der Waals surface area contributed by atoms with Gasteiger partial charge in [0.05, 0.1) is 6.42 Å². The van der Waals surface area contributed by atoms with Crippen molar-refractivity contribution in [2.45, 2.75) is 40.2 Å². The van der Waals surface area contributed by atoms with Crippen LogP contribution in [0.2, 0.25) is 0 Å². The van der Waals surface area contributed by atoms with E-state index in [1.807, 2.05) is 29.2 Å². The van der Waals surface area contributed by atoms with Crippen LogP contribution in [0.15, 0.2) is 35.9 Å². The fraction of sp³-hybridized carbons (Fsp3) is 0.500. The molecule has 0 aliphatic carbocycles. The van der Waals surface area contributed by atoms with Crippen molar-refractivity contribution in [3.05, 3.63) is 47.0 Å². The number of carbonyl (C=O) groups is 1. The van der Waals surface area contributed by atoms with Crippen molar-refractivity contribution in [2.75, 3.05) is 13.1 Å². The number of benzene rings is 1. The van der Waals surface area contributed by atoms with Crippen LogP contribution in [0.3, 0.4) is 0 Å². The molecule has 114 valence electrons. The third-order valence-corrected chi connectivity index (χ3v) is 4.21. The van der Waals surface area contributed by atoms with Crippen molar-refractivity contribution >= 4 is 5.91 Å². The summed E-state index contributed by atoms with van der Waals surface area (Å²) in [6.07, 6.45) is 3.65. The van der Waals surface area contributed by atoms with Gasteiger partial charge in [-0.15, -0.1) is 0 Å². The summed E-state index contributed by atoms with van der Waals surface area (Å²) in [5.74, 6) is 0.195. The molecule has 2 rings (SSSR count). The van der Waals surface area contributed by atoms with Crippen molar-refractivity contribution in [1.29, 1.82) is 0 Å². The minimum Gasteiger partial charge on any atom is -0.338 e. The van der Waals surface area contributed by atoms with Crippen molar-refractivity contribution in [1.82, 2.24) is 4.90 Å². The van der Waals surface area contributed by atoms with Crippen LogP contribution < -0.4 is 5.73 Å². The summed E-state index contributed by atoms with van der Waals surface area (Å²) in [7, 11) is 0. The quantitative estimate of drug-likeness (QED) is 0.868. The largest absolute Gasteiger partial charge is 0.338 e. The fourth-order valence-electron chi connectivity index (χ4n) is 2.78. The van der Waals surface area contributed by atoms with Crippen LogP contribution in [-0.2, 0) is 17.8 Å². The molecule has 0 radical (unpaired) electrons. The molecule has 1 aromatic rings. The molecule has 0 fully saturated rings. The second-order valence-corrected chi connectivity index (χ2v) is 6.72. The summed E-state index contributed by atoms with van der Waals surface area (Å²) < 4.78 is 0. The monoisotopic (exact) mass is 286 g/mol. The molecule has 0 saturated carbocycles. The smallest absolute Gasteiger partial charge is 0.227 e. The van der Waals surface area contributed by atoms with Crippen molar-refractivity contribution in [2.24, 2.45) is 11.1 Å². The summed E-state index contributed by atoms with van der Waals surface area (Å²) in [6.45, 7) is 8.73. The molecule has 3 heteroatoms. The third kappa shape index (κ3) is 3.94. The van der Waals surface area contributed by atoms with Crippen LogP contribution in [-0.4, -0.2) is 23.9 Å². The molecule has 0 aromatic heterocycles. The van der Waals surface area contributed by atoms with Gasteiger partial charge in [0.2, 0.25) is 5.91 Å². The SMILES string of the molecule is CC(C)(C)C1=CCN(C(=O)Cc2ccccc2CN)CC1. The van der Waals surface area contributed by atoms with Gasteiger partial charge >= 0.3 is 0 Å². The molecule has 0 spiro atoms. The molecule has 0 atom stereocenters. The lowest BCUT2D eigenvalue weighted by atomic mass is 9.83. The molecule has 1 aliphatic heterocycles. The van der Waals surface area contributed by atoms with Crippen LogP contribution in [0.5, 0.6) is 0 Å². The Hall–Kier alpha value is -1.61. The molecule has 0 unspecified atom stereocenters. The molecule has 1 aliphatic rings. The van der Waals surface area contributed by atoms with E-state index in [0.29, 0.717) is 13.0 Å². The van der Waals surface area contributed by atoms with E-state index in [0.717, 1.165) is 30.6 Å². The first-order chi connectivity index (χ1) is 9.91. The second kappa shape index (κ2) is 6.44. The van der Waals surface area contributed by atoms with E-state index < -0.39 is 0 Å². The van der Waals surface area contributed by atoms with Crippen LogP contribution in [0, 0.1) is 5.41 Å². The summed E-state index contributed by atoms with van der Waals surface area (Å²) in [4.78, 5) is 14.4. The van der Waals surface area contributed by atoms with E-state index in [4.69, 9.17) is 5.73 Å². The summed E-state index contributed by atoms with van der Waals surface area (Å²) >= 11 is 0. The van der Waals surface area contributed by atoms with E-state index >= 15 is 0 Å². The average Bonchev–Trinajstić information content (AvgIpc) is 2.47. The van der Waals surface area contributed by atoms with Crippen LogP contribution in [0.1, 0.15) is 38.3 Å². The van der Waals surface area contributed by atoms with Gasteiger partial charge in [-0.2, -0.15) is 0 Å². The first-order valence-corrected chi connectivity index (χ1v) is 7.66. The molecular weight excluding hydrogens is 260 g/mol. The molecule has 1 heterocycles. The standard InChI is InChI=1S/C18H26N2O/c1-18(2,3)16-8-10-20(11-9-16)17(21)12-14-6-4-5-7-15(14)13-19/h4-8H,9-13,19H2,1-3H3. The molecule has 1 aromatic carbocycles. The second-order valence-electron chi connectivity index (χ2n) is 6.72. The van der Waals surface area contributed by atoms with E-state index in [-0.39, 0.29) is 11.3 Å². The Balaban J connectivity index is 2.01. The van der Waals surface area contributed by atoms with Crippen LogP contribution in [0.25, 0.3) is 0 Å². The van der Waals surface area contributed by atoms with Crippen molar-refractivity contribution in [3.8, 4) is 0 Å². The lowest BCUT2D eigenvalue weighted by molar-refractivity contribution is -0.130. The average molecular weight is 286 g/mol. The topological polar surface area (TPSA) is 46.3 Å². The number of nitrogens with zero attached hydrogens (tertiary/aromatic N) is 1. The molecule has 0 saturated heterocycles. The number of hydrogen-bond donors (Lipinski definition) is 1. The molecule has 0 bridgehead atoms. The van der Waals surface area contributed by atoms with Gasteiger partial charge in [0.1, 0.15) is 0 Å². The van der Waals surface area contributed by atoms with Gasteiger partial charge < -0.3 is 10.6 Å². The van der Waals surface area contributed by atoms with E-state index in [1.165, 1.54) is 5.57 Å². The van der Waals surface area contributed by atoms with Gasteiger partial charge in [-0.25, -0.2) is 0 Å². The maximum atomic E-state index is 12.4. The Bertz CT molecular complexity index is 540. The zero-order chi connectivity index (χ0) is 15.5. The summed E-state index contributed by atoms with van der Waals surface area (Å²) in [5.41, 5.74) is 9.51. The number of hydrogen-bond acceptors (Lipinski definition) is 2. The lowest BCUT2D eigenvalue weighted by Gasteiger charge is -2.32. The predicted molar refractivity (Wildman–Crippen MR) is 86.8 cm³/mol. The fourth-order valence-corrected chi connectivity index (χ4v) is 2.78. The maximum absolute atomic E-state index is 12.4. The van der Waals surface area contributed by atoms with Crippen molar-refractivity contribution in [3.63, 3.8) is 0 Å². The minimum atomic E-state index is 0.195. The zero-order valence-electron chi connectivity index (χ0n) is 13.4.